The minimum Gasteiger partial charge on any atom is -0.461 e. The molecule has 0 aliphatic carbocycles. The molecule has 4 aromatic rings. The third kappa shape index (κ3) is 3.48. The van der Waals surface area contributed by atoms with Crippen molar-refractivity contribution in [2.45, 2.75) is 26.7 Å². The van der Waals surface area contributed by atoms with E-state index in [0.29, 0.717) is 35.1 Å². The van der Waals surface area contributed by atoms with Crippen LogP contribution < -0.4 is 10.2 Å². The lowest BCUT2D eigenvalue weighted by molar-refractivity contribution is -0.117. The zero-order chi connectivity index (χ0) is 21.5. The topological polar surface area (TPSA) is 88.3 Å². The summed E-state index contributed by atoms with van der Waals surface area (Å²) in [6, 6.07) is 11.0. The van der Waals surface area contributed by atoms with Gasteiger partial charge in [0.25, 0.3) is 5.91 Å². The third-order valence-corrected chi connectivity index (χ3v) is 6.59. The number of amides is 2. The molecule has 2 amide bonds. The molecule has 0 unspecified atom stereocenters. The van der Waals surface area contributed by atoms with E-state index in [9.17, 15) is 9.59 Å². The zero-order valence-electron chi connectivity index (χ0n) is 17.1. The Balaban J connectivity index is 1.46. The van der Waals surface area contributed by atoms with E-state index in [1.807, 2.05) is 44.2 Å². The lowest BCUT2D eigenvalue weighted by Crippen LogP contribution is -2.23. The molecule has 1 aromatic carbocycles. The second-order valence-electron chi connectivity index (χ2n) is 7.50. The van der Waals surface area contributed by atoms with E-state index in [1.54, 1.807) is 17.2 Å². The Hall–Kier alpha value is -3.52. The monoisotopic (exact) mass is 432 g/mol. The number of nitrogens with zero attached hydrogens (tertiary/aromatic N) is 3. The summed E-state index contributed by atoms with van der Waals surface area (Å²) in [5.41, 5.74) is 3.11. The summed E-state index contributed by atoms with van der Waals surface area (Å²) in [4.78, 5) is 37.4. The van der Waals surface area contributed by atoms with Crippen molar-refractivity contribution in [3.05, 3.63) is 58.8 Å². The number of aryl methyl sites for hydroxylation is 2. The van der Waals surface area contributed by atoms with E-state index in [-0.39, 0.29) is 11.8 Å². The lowest BCUT2D eigenvalue weighted by atomic mass is 10.1. The largest absolute Gasteiger partial charge is 0.461 e. The molecule has 5 rings (SSSR count). The van der Waals surface area contributed by atoms with Crippen LogP contribution in [0.1, 0.15) is 33.8 Å². The van der Waals surface area contributed by atoms with Crippen LogP contribution in [-0.2, 0) is 4.79 Å². The Kier molecular flexibility index (Phi) is 4.78. The van der Waals surface area contributed by atoms with Crippen LogP contribution in [0.4, 0.5) is 11.4 Å². The van der Waals surface area contributed by atoms with Crippen LogP contribution in [0.3, 0.4) is 0 Å². The highest BCUT2D eigenvalue weighted by Gasteiger charge is 2.23. The Morgan fingerprint density at radius 2 is 2.06 bits per heavy atom. The van der Waals surface area contributed by atoms with Crippen LogP contribution in [0.25, 0.3) is 21.8 Å². The number of hydrogen-bond acceptors (Lipinski definition) is 6. The third-order valence-electron chi connectivity index (χ3n) is 5.41. The molecule has 0 bridgehead atoms. The van der Waals surface area contributed by atoms with Gasteiger partial charge in [-0.15, -0.1) is 11.3 Å². The van der Waals surface area contributed by atoms with Gasteiger partial charge in [-0.1, -0.05) is 6.07 Å². The molecule has 31 heavy (non-hydrogen) atoms. The fourth-order valence-electron chi connectivity index (χ4n) is 3.93. The number of carbonyl (C=O) groups is 2. The van der Waals surface area contributed by atoms with Crippen molar-refractivity contribution in [1.29, 1.82) is 0 Å². The molecule has 3 aromatic heterocycles. The normalized spacial score (nSPS) is 13.9. The maximum Gasteiger partial charge on any atom is 0.266 e. The molecular formula is C23H20N4O3S. The number of furan rings is 1. The molecule has 1 aliphatic heterocycles. The van der Waals surface area contributed by atoms with Gasteiger partial charge in [0, 0.05) is 29.7 Å². The smallest absolute Gasteiger partial charge is 0.266 e. The number of hydrogen-bond donors (Lipinski definition) is 1. The predicted molar refractivity (Wildman–Crippen MR) is 121 cm³/mol. The molecular weight excluding hydrogens is 412 g/mol. The highest BCUT2D eigenvalue weighted by Crippen LogP contribution is 2.34. The Morgan fingerprint density at radius 1 is 1.19 bits per heavy atom. The van der Waals surface area contributed by atoms with Crippen molar-refractivity contribution < 1.29 is 14.0 Å². The van der Waals surface area contributed by atoms with Gasteiger partial charge in [0.05, 0.1) is 16.8 Å². The minimum absolute atomic E-state index is 0.116. The molecule has 4 heterocycles. The Morgan fingerprint density at radius 3 is 2.81 bits per heavy atom. The van der Waals surface area contributed by atoms with Crippen molar-refractivity contribution in [3.8, 4) is 11.6 Å². The van der Waals surface area contributed by atoms with E-state index >= 15 is 0 Å². The van der Waals surface area contributed by atoms with Gasteiger partial charge in [-0.2, -0.15) is 0 Å². The van der Waals surface area contributed by atoms with Crippen LogP contribution in [0.2, 0.25) is 0 Å². The number of anilines is 2. The van der Waals surface area contributed by atoms with Crippen molar-refractivity contribution in [1.82, 2.24) is 9.97 Å². The molecule has 0 atom stereocenters. The van der Waals surface area contributed by atoms with E-state index < -0.39 is 0 Å². The first-order chi connectivity index (χ1) is 15.0. The van der Waals surface area contributed by atoms with Crippen molar-refractivity contribution in [2.75, 3.05) is 16.8 Å². The van der Waals surface area contributed by atoms with E-state index in [1.165, 1.54) is 11.3 Å². The Bertz CT molecular complexity index is 1310. The molecule has 1 fully saturated rings. The van der Waals surface area contributed by atoms with E-state index in [4.69, 9.17) is 4.42 Å². The summed E-state index contributed by atoms with van der Waals surface area (Å²) < 4.78 is 5.42. The van der Waals surface area contributed by atoms with Crippen LogP contribution >= 0.6 is 11.3 Å². The first-order valence-corrected chi connectivity index (χ1v) is 10.9. The lowest BCUT2D eigenvalue weighted by Gasteiger charge is -2.16. The van der Waals surface area contributed by atoms with Gasteiger partial charge >= 0.3 is 0 Å². The van der Waals surface area contributed by atoms with Crippen LogP contribution in [0.15, 0.2) is 47.1 Å². The summed E-state index contributed by atoms with van der Waals surface area (Å²) in [7, 11) is 0. The highest BCUT2D eigenvalue weighted by atomic mass is 32.1. The molecule has 0 radical (unpaired) electrons. The van der Waals surface area contributed by atoms with Crippen LogP contribution in [0, 0.1) is 13.8 Å². The number of nitrogens with one attached hydrogen (secondary N) is 1. The minimum atomic E-state index is -0.204. The molecule has 1 saturated heterocycles. The molecule has 8 heteroatoms. The van der Waals surface area contributed by atoms with E-state index in [2.05, 4.69) is 15.3 Å². The van der Waals surface area contributed by atoms with Gasteiger partial charge in [0.15, 0.2) is 11.6 Å². The summed E-state index contributed by atoms with van der Waals surface area (Å²) in [6.45, 7) is 4.53. The number of fused-ring (bicyclic) bond motifs is 1. The first-order valence-electron chi connectivity index (χ1n) is 10.0. The van der Waals surface area contributed by atoms with Gasteiger partial charge in [0.2, 0.25) is 5.91 Å². The summed E-state index contributed by atoms with van der Waals surface area (Å²) in [5.74, 6) is 1.01. The van der Waals surface area contributed by atoms with Crippen molar-refractivity contribution in [3.63, 3.8) is 0 Å². The van der Waals surface area contributed by atoms with E-state index in [0.717, 1.165) is 33.6 Å². The average molecular weight is 433 g/mol. The fourth-order valence-corrected chi connectivity index (χ4v) is 5.06. The standard InChI is InChI=1S/C23H20N4O3S/c1-13-19-14(2)24-21(17-8-5-11-30-17)26-23(19)31-20(13)22(29)25-15-6-3-7-16(12-15)27-10-4-9-18(27)28/h3,5-8,11-12H,4,9-10H2,1-2H3,(H,25,29). The molecule has 0 spiro atoms. The maximum absolute atomic E-state index is 13.1. The average Bonchev–Trinajstić information content (AvgIpc) is 3.48. The highest BCUT2D eigenvalue weighted by molar-refractivity contribution is 7.20. The van der Waals surface area contributed by atoms with Crippen LogP contribution in [-0.4, -0.2) is 28.3 Å². The maximum atomic E-state index is 13.1. The number of thiophene rings is 1. The predicted octanol–water partition coefficient (Wildman–Crippen LogP) is 4.95. The van der Waals surface area contributed by atoms with Crippen molar-refractivity contribution >= 4 is 44.7 Å². The van der Waals surface area contributed by atoms with Gasteiger partial charge in [-0.3, -0.25) is 9.59 Å². The number of benzene rings is 1. The molecule has 1 N–H and O–H groups in total. The SMILES string of the molecule is Cc1nc(-c2ccco2)nc2sc(C(=O)Nc3cccc(N4CCCC4=O)c3)c(C)c12. The Labute approximate surface area is 182 Å². The van der Waals surface area contributed by atoms with Crippen molar-refractivity contribution in [2.24, 2.45) is 0 Å². The summed E-state index contributed by atoms with van der Waals surface area (Å²) in [6.07, 6.45) is 3.01. The van der Waals surface area contributed by atoms with Gasteiger partial charge < -0.3 is 14.6 Å². The quantitative estimate of drug-likeness (QED) is 0.493. The van der Waals surface area contributed by atoms with Gasteiger partial charge in [0.1, 0.15) is 4.83 Å². The molecule has 156 valence electrons. The number of carbonyl (C=O) groups excluding carboxylic acids is 2. The van der Waals surface area contributed by atoms with Crippen LogP contribution in [0.5, 0.6) is 0 Å². The summed E-state index contributed by atoms with van der Waals surface area (Å²) in [5, 5.41) is 3.86. The first kappa shape index (κ1) is 19.4. The second-order valence-corrected chi connectivity index (χ2v) is 8.50. The summed E-state index contributed by atoms with van der Waals surface area (Å²) >= 11 is 1.34. The number of aromatic nitrogens is 2. The van der Waals surface area contributed by atoms with Gasteiger partial charge in [-0.05, 0) is 56.2 Å². The molecule has 7 nitrogen and oxygen atoms in total. The fraction of sp³-hybridized carbons (Fsp3) is 0.217. The second kappa shape index (κ2) is 7.63. The van der Waals surface area contributed by atoms with Gasteiger partial charge in [-0.25, -0.2) is 9.97 Å². The molecule has 0 saturated carbocycles. The number of rotatable bonds is 4. The zero-order valence-corrected chi connectivity index (χ0v) is 18.0. The molecule has 1 aliphatic rings.